The van der Waals surface area contributed by atoms with Crippen LogP contribution in [0.5, 0.6) is 17.2 Å². The molecule has 0 spiro atoms. The zero-order valence-corrected chi connectivity index (χ0v) is 15.2. The molecule has 3 aromatic rings. The first-order valence-electron chi connectivity index (χ1n) is 8.89. The smallest absolute Gasteiger partial charge is 0.196 e. The summed E-state index contributed by atoms with van der Waals surface area (Å²) >= 11 is 0. The lowest BCUT2D eigenvalue weighted by molar-refractivity contribution is 0.103. The Morgan fingerprint density at radius 1 is 0.963 bits per heavy atom. The summed E-state index contributed by atoms with van der Waals surface area (Å²) in [5, 5.41) is 20.2. The van der Waals surface area contributed by atoms with E-state index in [1.54, 1.807) is 36.4 Å². The molecule has 0 heterocycles. The van der Waals surface area contributed by atoms with Gasteiger partial charge in [-0.25, -0.2) is 0 Å². The van der Waals surface area contributed by atoms with Gasteiger partial charge in [-0.1, -0.05) is 48.5 Å². The number of hydrogen-bond acceptors (Lipinski definition) is 4. The third kappa shape index (κ3) is 4.47. The second-order valence-corrected chi connectivity index (χ2v) is 6.41. The van der Waals surface area contributed by atoms with Gasteiger partial charge in [-0.3, -0.25) is 4.79 Å². The normalized spacial score (nSPS) is 10.6. The van der Waals surface area contributed by atoms with Crippen molar-refractivity contribution in [3.8, 4) is 17.2 Å². The largest absolute Gasteiger partial charge is 0.507 e. The number of para-hydroxylation sites is 1. The van der Waals surface area contributed by atoms with Crippen LogP contribution in [0.4, 0.5) is 0 Å². The maximum Gasteiger partial charge on any atom is 0.196 e. The van der Waals surface area contributed by atoms with Gasteiger partial charge in [0.1, 0.15) is 17.2 Å². The van der Waals surface area contributed by atoms with Crippen LogP contribution in [0, 0.1) is 6.92 Å². The summed E-state index contributed by atoms with van der Waals surface area (Å²) in [6.45, 7) is 2.31. The van der Waals surface area contributed by atoms with Crippen LogP contribution < -0.4 is 4.74 Å². The maximum atomic E-state index is 12.4. The Kier molecular flexibility index (Phi) is 5.77. The lowest BCUT2D eigenvalue weighted by atomic mass is 10.0. The van der Waals surface area contributed by atoms with E-state index >= 15 is 0 Å². The van der Waals surface area contributed by atoms with Crippen LogP contribution in [0.1, 0.15) is 33.5 Å². The fraction of sp³-hybridized carbons (Fsp3) is 0.174. The highest BCUT2D eigenvalue weighted by Gasteiger charge is 2.14. The van der Waals surface area contributed by atoms with Crippen LogP contribution >= 0.6 is 0 Å². The van der Waals surface area contributed by atoms with E-state index in [0.29, 0.717) is 30.1 Å². The molecule has 0 radical (unpaired) electrons. The number of carbonyl (C=O) groups excluding carboxylic acids is 1. The lowest BCUT2D eigenvalue weighted by Crippen LogP contribution is -2.03. The van der Waals surface area contributed by atoms with Gasteiger partial charge in [-0.05, 0) is 43.0 Å². The number of ketones is 1. The van der Waals surface area contributed by atoms with Crippen molar-refractivity contribution in [1.82, 2.24) is 0 Å². The summed E-state index contributed by atoms with van der Waals surface area (Å²) < 4.78 is 5.67. The molecule has 0 fully saturated rings. The highest BCUT2D eigenvalue weighted by molar-refractivity contribution is 6.10. The molecule has 0 unspecified atom stereocenters. The molecule has 3 rings (SSSR count). The van der Waals surface area contributed by atoms with Crippen molar-refractivity contribution in [2.75, 3.05) is 6.61 Å². The SMILES string of the molecule is Cc1cccc(CCCOc2ccc(C(=O)c3ccccc3)c(O)c2)c1O. The van der Waals surface area contributed by atoms with Crippen LogP contribution in [0.3, 0.4) is 0 Å². The maximum absolute atomic E-state index is 12.4. The van der Waals surface area contributed by atoms with Gasteiger partial charge in [-0.2, -0.15) is 0 Å². The summed E-state index contributed by atoms with van der Waals surface area (Å²) in [5.41, 5.74) is 2.53. The molecule has 138 valence electrons. The van der Waals surface area contributed by atoms with Gasteiger partial charge in [0.15, 0.2) is 5.78 Å². The Hall–Kier alpha value is -3.27. The van der Waals surface area contributed by atoms with Crippen molar-refractivity contribution in [3.63, 3.8) is 0 Å². The first-order valence-corrected chi connectivity index (χ1v) is 8.89. The van der Waals surface area contributed by atoms with E-state index in [0.717, 1.165) is 17.5 Å². The van der Waals surface area contributed by atoms with E-state index in [1.807, 2.05) is 31.2 Å². The minimum atomic E-state index is -0.227. The van der Waals surface area contributed by atoms with Gasteiger partial charge in [-0.15, -0.1) is 0 Å². The Bertz CT molecular complexity index is 932. The zero-order valence-electron chi connectivity index (χ0n) is 15.2. The molecule has 0 bridgehead atoms. The molecule has 0 amide bonds. The van der Waals surface area contributed by atoms with Crippen molar-refractivity contribution >= 4 is 5.78 Å². The average Bonchev–Trinajstić information content (AvgIpc) is 2.68. The molecule has 0 aliphatic carbocycles. The van der Waals surface area contributed by atoms with Crippen molar-refractivity contribution in [3.05, 3.63) is 89.0 Å². The summed E-state index contributed by atoms with van der Waals surface area (Å²) in [6, 6.07) is 19.2. The first kappa shape index (κ1) is 18.5. The fourth-order valence-corrected chi connectivity index (χ4v) is 2.91. The molecule has 4 heteroatoms. The lowest BCUT2D eigenvalue weighted by Gasteiger charge is -2.10. The molecule has 0 aliphatic heterocycles. The van der Waals surface area contributed by atoms with E-state index in [9.17, 15) is 15.0 Å². The molecule has 0 aromatic heterocycles. The van der Waals surface area contributed by atoms with Crippen molar-refractivity contribution in [2.24, 2.45) is 0 Å². The fourth-order valence-electron chi connectivity index (χ4n) is 2.91. The molecule has 0 saturated heterocycles. The average molecular weight is 362 g/mol. The zero-order chi connectivity index (χ0) is 19.2. The number of aromatic hydroxyl groups is 2. The van der Waals surface area contributed by atoms with Gasteiger partial charge in [0.2, 0.25) is 0 Å². The van der Waals surface area contributed by atoms with Gasteiger partial charge in [0.05, 0.1) is 12.2 Å². The van der Waals surface area contributed by atoms with Gasteiger partial charge < -0.3 is 14.9 Å². The minimum absolute atomic E-state index is 0.0994. The van der Waals surface area contributed by atoms with E-state index in [2.05, 4.69) is 0 Å². The summed E-state index contributed by atoms with van der Waals surface area (Å²) in [5.74, 6) is 0.511. The number of hydrogen-bond donors (Lipinski definition) is 2. The third-order valence-electron chi connectivity index (χ3n) is 4.43. The molecule has 0 aliphatic rings. The predicted octanol–water partition coefficient (Wildman–Crippen LogP) is 4.65. The third-order valence-corrected chi connectivity index (χ3v) is 4.43. The van der Waals surface area contributed by atoms with Gasteiger partial charge in [0, 0.05) is 11.6 Å². The standard InChI is InChI=1S/C23H22O4/c1-16-7-5-10-17(22(16)25)11-6-14-27-19-12-13-20(21(24)15-19)23(26)18-8-3-2-4-9-18/h2-5,7-10,12-13,15,24-25H,6,11,14H2,1H3. The highest BCUT2D eigenvalue weighted by Crippen LogP contribution is 2.26. The molecule has 0 atom stereocenters. The number of carbonyl (C=O) groups is 1. The molecule has 3 aromatic carbocycles. The van der Waals surface area contributed by atoms with Crippen LogP contribution in [-0.2, 0) is 6.42 Å². The van der Waals surface area contributed by atoms with Crippen molar-refractivity contribution in [1.29, 1.82) is 0 Å². The predicted molar refractivity (Wildman–Crippen MR) is 105 cm³/mol. The van der Waals surface area contributed by atoms with E-state index < -0.39 is 0 Å². The Morgan fingerprint density at radius 2 is 1.74 bits per heavy atom. The molecular weight excluding hydrogens is 340 g/mol. The molecule has 0 saturated carbocycles. The minimum Gasteiger partial charge on any atom is -0.507 e. The molecule has 2 N–H and O–H groups in total. The van der Waals surface area contributed by atoms with Crippen LogP contribution in [0.25, 0.3) is 0 Å². The molecule has 27 heavy (non-hydrogen) atoms. The number of phenolic OH excluding ortho intramolecular Hbond substituents is 2. The summed E-state index contributed by atoms with van der Waals surface area (Å²) in [4.78, 5) is 12.4. The highest BCUT2D eigenvalue weighted by atomic mass is 16.5. The van der Waals surface area contributed by atoms with Gasteiger partial charge >= 0.3 is 0 Å². The number of aryl methyl sites for hydroxylation is 2. The molecular formula is C23H22O4. The van der Waals surface area contributed by atoms with Gasteiger partial charge in [0.25, 0.3) is 0 Å². The van der Waals surface area contributed by atoms with Crippen molar-refractivity contribution < 1.29 is 19.7 Å². The second kappa shape index (κ2) is 8.41. The quantitative estimate of drug-likeness (QED) is 0.474. The number of ether oxygens (including phenoxy) is 1. The summed E-state index contributed by atoms with van der Waals surface area (Å²) in [7, 11) is 0. The molecule has 4 nitrogen and oxygen atoms in total. The monoisotopic (exact) mass is 362 g/mol. The van der Waals surface area contributed by atoms with Crippen LogP contribution in [0.2, 0.25) is 0 Å². The first-order chi connectivity index (χ1) is 13.1. The van der Waals surface area contributed by atoms with Crippen LogP contribution in [-0.4, -0.2) is 22.6 Å². The Balaban J connectivity index is 1.58. The van der Waals surface area contributed by atoms with E-state index in [-0.39, 0.29) is 17.1 Å². The summed E-state index contributed by atoms with van der Waals surface area (Å²) in [6.07, 6.45) is 1.42. The van der Waals surface area contributed by atoms with Crippen molar-refractivity contribution in [2.45, 2.75) is 19.8 Å². The Morgan fingerprint density at radius 3 is 2.48 bits per heavy atom. The van der Waals surface area contributed by atoms with E-state index in [1.165, 1.54) is 6.07 Å². The van der Waals surface area contributed by atoms with Crippen LogP contribution in [0.15, 0.2) is 66.7 Å². The second-order valence-electron chi connectivity index (χ2n) is 6.41. The number of rotatable bonds is 7. The topological polar surface area (TPSA) is 66.8 Å². The van der Waals surface area contributed by atoms with E-state index in [4.69, 9.17) is 4.74 Å². The Labute approximate surface area is 158 Å². The number of benzene rings is 3. The number of phenols is 2.